The molecule has 6 atom stereocenters. The molecule has 0 aromatic rings. The second kappa shape index (κ2) is 55.2. The zero-order valence-corrected chi connectivity index (χ0v) is 27.9. The number of carbonyl (C=O) groups is 9. The summed E-state index contributed by atoms with van der Waals surface area (Å²) in [6.07, 6.45) is -3.33. The molecule has 20 nitrogen and oxygen atoms in total. The molecule has 0 aliphatic carbocycles. The molecule has 20 heteroatoms. The normalized spacial score (nSPS) is 15.0. The van der Waals surface area contributed by atoms with E-state index in [0.717, 1.165) is 47.0 Å². The SMILES string of the molecule is C.C.C.C.C.C.C.C.C.C.C.C.C.C.CC(OC(=O)CO)C(=O)OC(C)C(=O)OCOC(=O)C(C)OC(=O)C(C)OC(=O)CO.CC1OC(=O)C(C)OC1=O.O=C1CCCCCO1.[HH].[HH]. The van der Waals surface area contributed by atoms with E-state index in [1.807, 2.05) is 0 Å². The summed E-state index contributed by atoms with van der Waals surface area (Å²) in [7, 11) is 0. The van der Waals surface area contributed by atoms with Crippen LogP contribution in [0.25, 0.3) is 0 Å². The second-order valence-corrected chi connectivity index (χ2v) is 9.97. The quantitative estimate of drug-likeness (QED) is 0.106. The smallest absolute Gasteiger partial charge is 0.350 e. The van der Waals surface area contributed by atoms with Crippen LogP contribution in [0.1, 0.15) is 174 Å². The van der Waals surface area contributed by atoms with Gasteiger partial charge in [-0.2, -0.15) is 0 Å². The van der Waals surface area contributed by atoms with E-state index in [1.165, 1.54) is 13.8 Å². The molecule has 2 heterocycles. The minimum atomic E-state index is -1.45. The zero-order chi connectivity index (χ0) is 37.7. The van der Waals surface area contributed by atoms with Crippen molar-refractivity contribution >= 4 is 53.7 Å². The summed E-state index contributed by atoms with van der Waals surface area (Å²) < 4.78 is 41.5. The summed E-state index contributed by atoms with van der Waals surface area (Å²) in [4.78, 5) is 100. The van der Waals surface area contributed by atoms with Crippen molar-refractivity contribution in [3.63, 3.8) is 0 Å². The molecule has 2 N–H and O–H groups in total. The summed E-state index contributed by atoms with van der Waals surface area (Å²) in [6.45, 7) is 5.41. The monoisotopic (exact) mass is 939 g/mol. The fourth-order valence-electron chi connectivity index (χ4n) is 3.02. The maximum Gasteiger partial charge on any atom is 0.350 e. The minimum absolute atomic E-state index is 0. The fourth-order valence-corrected chi connectivity index (χ4v) is 3.02. The summed E-state index contributed by atoms with van der Waals surface area (Å²) >= 11 is 0. The van der Waals surface area contributed by atoms with E-state index in [4.69, 9.17) is 24.4 Å². The topological polar surface area (TPSA) is 277 Å². The number of esters is 9. The molecular weight excluding hydrogens is 836 g/mol. The average molecular weight is 939 g/mol. The molecule has 0 spiro atoms. The van der Waals surface area contributed by atoms with Crippen LogP contribution in [0, 0.1) is 0 Å². The molecule has 2 aliphatic rings. The first-order valence-corrected chi connectivity index (χ1v) is 14.8. The number of cyclic esters (lactones) is 3. The molecule has 2 saturated heterocycles. The van der Waals surface area contributed by atoms with Crippen LogP contribution in [0.4, 0.5) is 0 Å². The molecule has 0 bridgehead atoms. The lowest BCUT2D eigenvalue weighted by Gasteiger charge is -2.22. The van der Waals surface area contributed by atoms with Crippen molar-refractivity contribution in [2.24, 2.45) is 0 Å². The number of carbonyl (C=O) groups excluding carboxylic acids is 9. The van der Waals surface area contributed by atoms with Gasteiger partial charge in [-0.15, -0.1) is 0 Å². The fraction of sp³-hybridized carbons (Fsp3) is 0.791. The van der Waals surface area contributed by atoms with Crippen molar-refractivity contribution in [1.82, 2.24) is 0 Å². The maximum absolute atomic E-state index is 11.7. The van der Waals surface area contributed by atoms with E-state index in [9.17, 15) is 43.2 Å². The van der Waals surface area contributed by atoms with Crippen molar-refractivity contribution in [1.29, 1.82) is 0 Å². The second-order valence-electron chi connectivity index (χ2n) is 9.97. The summed E-state index contributed by atoms with van der Waals surface area (Å²) in [5.74, 6) is -7.49. The van der Waals surface area contributed by atoms with Crippen LogP contribution in [0.15, 0.2) is 0 Å². The molecular formula is C43H102O20. The standard InChI is InChI=1S/C17H24O14.C6H8O4.C6H10O2.14CH4.2H2/c1-8(30-16(24)10(3)28-12(20)5-18)14(22)26-7-27-15(23)9(2)31-17(25)11(4)29-13(21)6-19;1-3-5(7)10-4(2)6(8)9-3;7-6-4-2-1-3-5-8-6;;;;;;;;;;;;;;;;/h8-11,18-19H,5-7H2,1-4H3;3-4H,1-2H3;1-5H2;14*1H4;2*1H. The lowest BCUT2D eigenvalue weighted by atomic mass is 10.2. The lowest BCUT2D eigenvalue weighted by Crippen LogP contribution is -2.40. The predicted molar refractivity (Wildman–Crippen MR) is 252 cm³/mol. The highest BCUT2D eigenvalue weighted by Crippen LogP contribution is 2.09. The largest absolute Gasteiger partial charge is 0.466 e. The van der Waals surface area contributed by atoms with Crippen LogP contribution in [-0.2, 0) is 85.8 Å². The van der Waals surface area contributed by atoms with Crippen LogP contribution in [0.5, 0.6) is 0 Å². The summed E-state index contributed by atoms with van der Waals surface area (Å²) in [5.41, 5.74) is 0. The molecule has 63 heavy (non-hydrogen) atoms. The highest BCUT2D eigenvalue weighted by Gasteiger charge is 2.32. The van der Waals surface area contributed by atoms with Gasteiger partial charge in [0.15, 0.2) is 36.6 Å². The summed E-state index contributed by atoms with van der Waals surface area (Å²) in [6, 6.07) is 0. The number of aliphatic hydroxyl groups excluding tert-OH is 2. The lowest BCUT2D eigenvalue weighted by molar-refractivity contribution is -0.191. The van der Waals surface area contributed by atoms with E-state index < -0.39 is 104 Å². The Balaban J connectivity index is -0.0000000385. The van der Waals surface area contributed by atoms with Crippen LogP contribution in [0.2, 0.25) is 0 Å². The Morgan fingerprint density at radius 1 is 0.524 bits per heavy atom. The Morgan fingerprint density at radius 2 is 0.825 bits per heavy atom. The first-order chi connectivity index (χ1) is 22.9. The van der Waals surface area contributed by atoms with Gasteiger partial charge in [-0.25, -0.2) is 38.4 Å². The molecule has 394 valence electrons. The van der Waals surface area contributed by atoms with Crippen LogP contribution < -0.4 is 0 Å². The minimum Gasteiger partial charge on any atom is -0.466 e. The molecule has 2 aliphatic heterocycles. The zero-order valence-electron chi connectivity index (χ0n) is 27.9. The molecule has 0 aromatic carbocycles. The van der Waals surface area contributed by atoms with Gasteiger partial charge in [0.05, 0.1) is 6.61 Å². The molecule has 0 radical (unpaired) electrons. The highest BCUT2D eigenvalue weighted by atomic mass is 16.7. The van der Waals surface area contributed by atoms with Gasteiger partial charge in [-0.1, -0.05) is 104 Å². The molecule has 2 rings (SSSR count). The molecule has 0 aromatic heterocycles. The van der Waals surface area contributed by atoms with Crippen molar-refractivity contribution < 1.29 is 98.8 Å². The third-order valence-electron chi connectivity index (χ3n) is 5.73. The van der Waals surface area contributed by atoms with Crippen molar-refractivity contribution in [2.75, 3.05) is 26.6 Å². The van der Waals surface area contributed by atoms with E-state index in [-0.39, 0.29) is 113 Å². The maximum atomic E-state index is 11.7. The number of hydrogen-bond donors (Lipinski definition) is 2. The average Bonchev–Trinajstić information content (AvgIpc) is 3.30. The number of aliphatic hydroxyl groups is 2. The van der Waals surface area contributed by atoms with Gasteiger partial charge in [0.25, 0.3) is 0 Å². The van der Waals surface area contributed by atoms with Crippen molar-refractivity contribution in [3.8, 4) is 0 Å². The Kier molecular flexibility index (Phi) is 89.3. The predicted octanol–water partition coefficient (Wildman–Crippen LogP) is 8.11. The number of ether oxygens (including phenoxy) is 9. The molecule has 0 amide bonds. The van der Waals surface area contributed by atoms with Gasteiger partial charge in [0.1, 0.15) is 13.2 Å². The van der Waals surface area contributed by atoms with Crippen molar-refractivity contribution in [3.05, 3.63) is 0 Å². The first-order valence-electron chi connectivity index (χ1n) is 14.8. The number of rotatable bonds is 12. The number of hydrogen-bond acceptors (Lipinski definition) is 20. The third kappa shape index (κ3) is 45.0. The third-order valence-corrected chi connectivity index (χ3v) is 5.73. The van der Waals surface area contributed by atoms with E-state index in [2.05, 4.69) is 28.4 Å². The Hall–Kier alpha value is -4.85. The molecule has 2 fully saturated rings. The molecule has 6 unspecified atom stereocenters. The Bertz CT molecular complexity index is 1100. The van der Waals surface area contributed by atoms with Gasteiger partial charge < -0.3 is 52.8 Å². The van der Waals surface area contributed by atoms with E-state index >= 15 is 0 Å². The molecule has 0 saturated carbocycles. The Labute approximate surface area is 386 Å². The first kappa shape index (κ1) is 102. The van der Waals surface area contributed by atoms with E-state index in [1.54, 1.807) is 0 Å². The van der Waals surface area contributed by atoms with Gasteiger partial charge in [-0.3, -0.25) is 4.79 Å². The van der Waals surface area contributed by atoms with Crippen LogP contribution in [0.3, 0.4) is 0 Å². The van der Waals surface area contributed by atoms with Crippen molar-refractivity contribution in [2.45, 2.75) is 208 Å². The van der Waals surface area contributed by atoms with Gasteiger partial charge in [0, 0.05) is 9.27 Å². The summed E-state index contributed by atoms with van der Waals surface area (Å²) in [5, 5.41) is 17.1. The highest BCUT2D eigenvalue weighted by molar-refractivity contribution is 5.87. The van der Waals surface area contributed by atoms with Gasteiger partial charge >= 0.3 is 53.7 Å². The van der Waals surface area contributed by atoms with Crippen LogP contribution >= 0.6 is 0 Å². The van der Waals surface area contributed by atoms with Gasteiger partial charge in [0.2, 0.25) is 6.79 Å². The van der Waals surface area contributed by atoms with Gasteiger partial charge in [-0.05, 0) is 60.8 Å². The Morgan fingerprint density at radius 3 is 1.13 bits per heavy atom. The van der Waals surface area contributed by atoms with E-state index in [0.29, 0.717) is 13.0 Å². The van der Waals surface area contributed by atoms with Crippen LogP contribution in [-0.4, -0.2) is 127 Å².